The van der Waals surface area contributed by atoms with Crippen molar-refractivity contribution in [3.8, 4) is 0 Å². The molecule has 0 bridgehead atoms. The van der Waals surface area contributed by atoms with E-state index < -0.39 is 0 Å². The number of imidazole rings is 1. The first-order valence-corrected chi connectivity index (χ1v) is 9.49. The predicted molar refractivity (Wildman–Crippen MR) is 98.7 cm³/mol. The van der Waals surface area contributed by atoms with Crippen LogP contribution in [0.2, 0.25) is 0 Å². The zero-order chi connectivity index (χ0) is 17.8. The third-order valence-corrected chi connectivity index (χ3v) is 5.50. The predicted octanol–water partition coefficient (Wildman–Crippen LogP) is 2.31. The monoisotopic (exact) mass is 354 g/mol. The molecule has 26 heavy (non-hydrogen) atoms. The number of likely N-dealkylation sites (tertiary alicyclic amines) is 2. The molecule has 3 heterocycles. The van der Waals surface area contributed by atoms with Gasteiger partial charge < -0.3 is 14.6 Å². The number of carbonyl (C=O) groups is 1. The molecule has 2 saturated heterocycles. The number of fused-ring (bicyclic) bond motifs is 1. The fourth-order valence-corrected chi connectivity index (χ4v) is 4.26. The maximum atomic E-state index is 12.6. The van der Waals surface area contributed by atoms with Gasteiger partial charge in [-0.3, -0.25) is 9.69 Å². The lowest BCUT2D eigenvalue weighted by Gasteiger charge is -2.25. The van der Waals surface area contributed by atoms with Gasteiger partial charge in [0.05, 0.1) is 6.61 Å². The normalized spacial score (nSPS) is 22.7. The van der Waals surface area contributed by atoms with Gasteiger partial charge >= 0.3 is 0 Å². The van der Waals surface area contributed by atoms with E-state index in [9.17, 15) is 4.79 Å². The molecular formula is C20H26N4O2. The standard InChI is InChI=1S/C20H26N4O2/c25-20(19-21-9-10-22-19)24-13-8-17-18(24)7-12-23(17)11-4-14-26-15-16-5-2-1-3-6-16/h1-3,5-6,9-10,17-18H,4,7-8,11-15H2,(H,21,22)/t17-,18-/m0/s1. The van der Waals surface area contributed by atoms with Crippen LogP contribution in [-0.2, 0) is 11.3 Å². The summed E-state index contributed by atoms with van der Waals surface area (Å²) in [7, 11) is 0. The first-order valence-electron chi connectivity index (χ1n) is 9.49. The molecule has 2 aliphatic heterocycles. The van der Waals surface area contributed by atoms with Crippen molar-refractivity contribution in [3.05, 3.63) is 54.1 Å². The molecule has 0 radical (unpaired) electrons. The van der Waals surface area contributed by atoms with Crippen molar-refractivity contribution in [3.63, 3.8) is 0 Å². The van der Waals surface area contributed by atoms with Gasteiger partial charge in [-0.15, -0.1) is 0 Å². The maximum Gasteiger partial charge on any atom is 0.289 e. The number of aromatic nitrogens is 2. The van der Waals surface area contributed by atoms with Crippen LogP contribution in [0.5, 0.6) is 0 Å². The molecule has 1 aromatic heterocycles. The van der Waals surface area contributed by atoms with Gasteiger partial charge in [0.15, 0.2) is 5.82 Å². The highest BCUT2D eigenvalue weighted by atomic mass is 16.5. The summed E-state index contributed by atoms with van der Waals surface area (Å²) < 4.78 is 5.80. The second kappa shape index (κ2) is 8.01. The second-order valence-corrected chi connectivity index (χ2v) is 7.08. The van der Waals surface area contributed by atoms with Crippen molar-refractivity contribution in [1.82, 2.24) is 19.8 Å². The van der Waals surface area contributed by atoms with Crippen LogP contribution in [0, 0.1) is 0 Å². The van der Waals surface area contributed by atoms with E-state index in [1.807, 2.05) is 23.1 Å². The Bertz CT molecular complexity index is 704. The molecule has 2 atom stereocenters. The molecule has 4 rings (SSSR count). The largest absolute Gasteiger partial charge is 0.377 e. The number of nitrogens with zero attached hydrogens (tertiary/aromatic N) is 3. The minimum Gasteiger partial charge on any atom is -0.377 e. The highest BCUT2D eigenvalue weighted by molar-refractivity contribution is 5.91. The molecular weight excluding hydrogens is 328 g/mol. The van der Waals surface area contributed by atoms with Gasteiger partial charge in [0.2, 0.25) is 0 Å². The van der Waals surface area contributed by atoms with Crippen LogP contribution in [0.25, 0.3) is 0 Å². The van der Waals surface area contributed by atoms with Crippen molar-refractivity contribution in [2.24, 2.45) is 0 Å². The van der Waals surface area contributed by atoms with Gasteiger partial charge in [-0.1, -0.05) is 30.3 Å². The SMILES string of the molecule is O=C(c1ncc[nH]1)N1CC[C@H]2[C@@H]1CCN2CCCOCc1ccccc1. The van der Waals surface area contributed by atoms with Gasteiger partial charge in [0, 0.05) is 50.7 Å². The number of aromatic amines is 1. The third-order valence-electron chi connectivity index (χ3n) is 5.50. The number of nitrogens with one attached hydrogen (secondary N) is 1. The molecule has 2 aliphatic rings. The van der Waals surface area contributed by atoms with E-state index in [0.29, 0.717) is 24.5 Å². The van der Waals surface area contributed by atoms with Crippen LogP contribution in [0.3, 0.4) is 0 Å². The van der Waals surface area contributed by atoms with Crippen LogP contribution < -0.4 is 0 Å². The van der Waals surface area contributed by atoms with Gasteiger partial charge in [-0.25, -0.2) is 4.98 Å². The van der Waals surface area contributed by atoms with E-state index in [-0.39, 0.29) is 5.91 Å². The number of rotatable bonds is 7. The third kappa shape index (κ3) is 3.66. The molecule has 138 valence electrons. The molecule has 1 amide bonds. The highest BCUT2D eigenvalue weighted by Gasteiger charge is 2.44. The Hall–Kier alpha value is -2.18. The summed E-state index contributed by atoms with van der Waals surface area (Å²) in [4.78, 5) is 24.2. The maximum absolute atomic E-state index is 12.6. The van der Waals surface area contributed by atoms with E-state index in [0.717, 1.165) is 45.5 Å². The van der Waals surface area contributed by atoms with E-state index in [2.05, 4.69) is 27.0 Å². The Labute approximate surface area is 154 Å². The Kier molecular flexibility index (Phi) is 5.32. The summed E-state index contributed by atoms with van der Waals surface area (Å²) in [5.74, 6) is 0.494. The first kappa shape index (κ1) is 17.2. The number of H-pyrrole nitrogens is 1. The molecule has 1 N–H and O–H groups in total. The van der Waals surface area contributed by atoms with Gasteiger partial charge in [-0.2, -0.15) is 0 Å². The van der Waals surface area contributed by atoms with Crippen LogP contribution in [0.4, 0.5) is 0 Å². The molecule has 1 aromatic carbocycles. The van der Waals surface area contributed by atoms with Crippen molar-refractivity contribution >= 4 is 5.91 Å². The second-order valence-electron chi connectivity index (χ2n) is 7.08. The van der Waals surface area contributed by atoms with Crippen molar-refractivity contribution in [1.29, 1.82) is 0 Å². The number of benzene rings is 1. The van der Waals surface area contributed by atoms with Crippen LogP contribution in [0.15, 0.2) is 42.7 Å². The van der Waals surface area contributed by atoms with Gasteiger partial charge in [0.25, 0.3) is 5.91 Å². The molecule has 0 spiro atoms. The van der Waals surface area contributed by atoms with Crippen LogP contribution >= 0.6 is 0 Å². The number of hydrogen-bond donors (Lipinski definition) is 1. The lowest BCUT2D eigenvalue weighted by molar-refractivity contribution is 0.0718. The summed E-state index contributed by atoms with van der Waals surface area (Å²) in [6.45, 7) is 4.39. The average Bonchev–Trinajstić information content (AvgIpc) is 3.40. The Morgan fingerprint density at radius 2 is 2.04 bits per heavy atom. The fourth-order valence-electron chi connectivity index (χ4n) is 4.26. The minimum absolute atomic E-state index is 0.0375. The average molecular weight is 354 g/mol. The Morgan fingerprint density at radius 3 is 2.85 bits per heavy atom. The summed E-state index contributed by atoms with van der Waals surface area (Å²) in [5.41, 5.74) is 1.22. The molecule has 6 heteroatoms. The fraction of sp³-hybridized carbons (Fsp3) is 0.500. The van der Waals surface area contributed by atoms with E-state index in [4.69, 9.17) is 4.74 Å². The Balaban J connectivity index is 1.21. The topological polar surface area (TPSA) is 61.5 Å². The van der Waals surface area contributed by atoms with Crippen molar-refractivity contribution in [2.45, 2.75) is 38.0 Å². The molecule has 0 saturated carbocycles. The van der Waals surface area contributed by atoms with Crippen LogP contribution in [0.1, 0.15) is 35.4 Å². The van der Waals surface area contributed by atoms with Crippen LogP contribution in [-0.4, -0.2) is 64.0 Å². The number of ether oxygens (including phenoxy) is 1. The quantitative estimate of drug-likeness (QED) is 0.775. The van der Waals surface area contributed by atoms with E-state index in [1.54, 1.807) is 12.4 Å². The molecule has 0 unspecified atom stereocenters. The molecule has 2 fully saturated rings. The smallest absolute Gasteiger partial charge is 0.289 e. The number of amides is 1. The summed E-state index contributed by atoms with van der Waals surface area (Å²) in [6, 6.07) is 11.1. The van der Waals surface area contributed by atoms with Gasteiger partial charge in [-0.05, 0) is 24.8 Å². The first-order chi connectivity index (χ1) is 12.8. The van der Waals surface area contributed by atoms with E-state index in [1.165, 1.54) is 5.56 Å². The lowest BCUT2D eigenvalue weighted by atomic mass is 10.1. The summed E-state index contributed by atoms with van der Waals surface area (Å²) in [5, 5.41) is 0. The van der Waals surface area contributed by atoms with Gasteiger partial charge in [0.1, 0.15) is 0 Å². The Morgan fingerprint density at radius 1 is 1.19 bits per heavy atom. The highest BCUT2D eigenvalue weighted by Crippen LogP contribution is 2.32. The lowest BCUT2D eigenvalue weighted by Crippen LogP contribution is -2.40. The molecule has 2 aromatic rings. The number of carbonyl (C=O) groups excluding carboxylic acids is 1. The van der Waals surface area contributed by atoms with E-state index >= 15 is 0 Å². The number of hydrogen-bond acceptors (Lipinski definition) is 4. The van der Waals surface area contributed by atoms with Crippen molar-refractivity contribution < 1.29 is 9.53 Å². The molecule has 0 aliphatic carbocycles. The zero-order valence-corrected chi connectivity index (χ0v) is 15.0. The van der Waals surface area contributed by atoms with Crippen molar-refractivity contribution in [2.75, 3.05) is 26.2 Å². The summed E-state index contributed by atoms with van der Waals surface area (Å²) >= 11 is 0. The summed E-state index contributed by atoms with van der Waals surface area (Å²) in [6.07, 6.45) is 6.49. The molecule has 6 nitrogen and oxygen atoms in total. The minimum atomic E-state index is 0.0375. The zero-order valence-electron chi connectivity index (χ0n) is 15.0.